The van der Waals surface area contributed by atoms with E-state index >= 15 is 0 Å². The number of aromatic nitrogens is 3. The van der Waals surface area contributed by atoms with Gasteiger partial charge in [0.1, 0.15) is 0 Å². The maximum Gasteiger partial charge on any atom is 0.164 e. The van der Waals surface area contributed by atoms with Crippen LogP contribution in [0.1, 0.15) is 0 Å². The van der Waals surface area contributed by atoms with Crippen LogP contribution in [0.5, 0.6) is 0 Å². The summed E-state index contributed by atoms with van der Waals surface area (Å²) in [7, 11) is 0. The molecule has 0 spiro atoms. The molecule has 0 radical (unpaired) electrons. The van der Waals surface area contributed by atoms with Gasteiger partial charge in [-0.15, -0.1) is 11.3 Å². The highest BCUT2D eigenvalue weighted by molar-refractivity contribution is 7.25. The van der Waals surface area contributed by atoms with Crippen molar-refractivity contribution >= 4 is 74.6 Å². The minimum Gasteiger partial charge on any atom is -0.208 e. The van der Waals surface area contributed by atoms with Crippen LogP contribution < -0.4 is 0 Å². The highest BCUT2D eigenvalue weighted by atomic mass is 32.1. The van der Waals surface area contributed by atoms with Crippen LogP contribution in [0.3, 0.4) is 0 Å². The number of fused-ring (bicyclic) bond motifs is 10. The summed E-state index contributed by atoms with van der Waals surface area (Å²) in [5.41, 5.74) is 2.91. The summed E-state index contributed by atoms with van der Waals surface area (Å²) < 4.78 is 2.51. The molecule has 218 valence electrons. The van der Waals surface area contributed by atoms with Crippen molar-refractivity contribution in [2.45, 2.75) is 0 Å². The molecule has 0 atom stereocenters. The lowest BCUT2D eigenvalue weighted by Crippen LogP contribution is -2.00. The van der Waals surface area contributed by atoms with E-state index in [0.29, 0.717) is 17.5 Å². The Labute approximate surface area is 274 Å². The van der Waals surface area contributed by atoms with Crippen molar-refractivity contribution in [1.29, 1.82) is 0 Å². The standard InChI is InChI=1S/C43H25N3S/c1-2-9-28(10-3-1)41-44-42(46-43(45-41)30-18-21-37-36-12-6-7-13-39(36)47-40(37)25-30)29-15-14-27-17-20-34-33-19-16-26-8-4-5-11-31(26)32(33)22-23-35(34)38(27)24-29/h1-25H. The molecule has 0 saturated heterocycles. The van der Waals surface area contributed by atoms with Crippen LogP contribution in [0.25, 0.3) is 97.4 Å². The van der Waals surface area contributed by atoms with Gasteiger partial charge in [0.05, 0.1) is 0 Å². The summed E-state index contributed by atoms with van der Waals surface area (Å²) >= 11 is 1.80. The van der Waals surface area contributed by atoms with Gasteiger partial charge >= 0.3 is 0 Å². The number of hydrogen-bond acceptors (Lipinski definition) is 4. The zero-order chi connectivity index (χ0) is 30.9. The third-order valence-corrected chi connectivity index (χ3v) is 10.4. The number of thiophene rings is 1. The molecule has 0 amide bonds. The highest BCUT2D eigenvalue weighted by Gasteiger charge is 2.15. The Bertz CT molecular complexity index is 2850. The van der Waals surface area contributed by atoms with Gasteiger partial charge < -0.3 is 0 Å². The zero-order valence-corrected chi connectivity index (χ0v) is 26.0. The van der Waals surface area contributed by atoms with E-state index in [4.69, 9.17) is 15.0 Å². The van der Waals surface area contributed by atoms with Crippen molar-refractivity contribution in [2.75, 3.05) is 0 Å². The van der Waals surface area contributed by atoms with E-state index in [9.17, 15) is 0 Å². The first-order valence-electron chi connectivity index (χ1n) is 15.8. The van der Waals surface area contributed by atoms with E-state index in [1.54, 1.807) is 11.3 Å². The molecule has 10 aromatic rings. The number of nitrogens with zero attached hydrogens (tertiary/aromatic N) is 3. The molecule has 47 heavy (non-hydrogen) atoms. The molecule has 0 aliphatic heterocycles. The van der Waals surface area contributed by atoms with Gasteiger partial charge in [-0.3, -0.25) is 0 Å². The second kappa shape index (κ2) is 10.3. The average molecular weight is 616 g/mol. The van der Waals surface area contributed by atoms with Gasteiger partial charge in [0.2, 0.25) is 0 Å². The molecule has 0 unspecified atom stereocenters. The van der Waals surface area contributed by atoms with Crippen LogP contribution in [0, 0.1) is 0 Å². The normalized spacial score (nSPS) is 11.8. The van der Waals surface area contributed by atoms with E-state index in [0.717, 1.165) is 16.7 Å². The Morgan fingerprint density at radius 2 is 0.787 bits per heavy atom. The fraction of sp³-hybridized carbons (Fsp3) is 0. The van der Waals surface area contributed by atoms with Crippen LogP contribution >= 0.6 is 11.3 Å². The summed E-state index contributed by atoms with van der Waals surface area (Å²) in [5, 5.41) is 12.5. The Hall–Kier alpha value is -5.97. The lowest BCUT2D eigenvalue weighted by molar-refractivity contribution is 1.08. The number of hydrogen-bond donors (Lipinski definition) is 0. The largest absolute Gasteiger partial charge is 0.208 e. The smallest absolute Gasteiger partial charge is 0.164 e. The summed E-state index contributed by atoms with van der Waals surface area (Å²) in [6.07, 6.45) is 0. The summed E-state index contributed by atoms with van der Waals surface area (Å²) in [6.45, 7) is 0. The van der Waals surface area contributed by atoms with Crippen LogP contribution in [-0.2, 0) is 0 Å². The minimum absolute atomic E-state index is 0.663. The lowest BCUT2D eigenvalue weighted by atomic mass is 9.93. The van der Waals surface area contributed by atoms with Crippen molar-refractivity contribution in [3.8, 4) is 34.2 Å². The maximum atomic E-state index is 5.11. The summed E-state index contributed by atoms with van der Waals surface area (Å²) in [6, 6.07) is 54.0. The van der Waals surface area contributed by atoms with E-state index in [1.165, 1.54) is 63.3 Å². The summed E-state index contributed by atoms with van der Waals surface area (Å²) in [4.78, 5) is 15.2. The van der Waals surface area contributed by atoms with Gasteiger partial charge in [-0.05, 0) is 61.3 Å². The predicted octanol–water partition coefficient (Wildman–Crippen LogP) is 11.9. The van der Waals surface area contributed by atoms with Gasteiger partial charge in [-0.2, -0.15) is 0 Å². The van der Waals surface area contributed by atoms with Crippen LogP contribution in [0.15, 0.2) is 152 Å². The maximum absolute atomic E-state index is 5.11. The van der Waals surface area contributed by atoms with Gasteiger partial charge in [0.25, 0.3) is 0 Å². The first-order chi connectivity index (χ1) is 23.3. The fourth-order valence-electron chi connectivity index (χ4n) is 6.99. The highest BCUT2D eigenvalue weighted by Crippen LogP contribution is 2.38. The second-order valence-electron chi connectivity index (χ2n) is 12.0. The molecule has 2 heterocycles. The van der Waals surface area contributed by atoms with Crippen molar-refractivity contribution < 1.29 is 0 Å². The predicted molar refractivity (Wildman–Crippen MR) is 199 cm³/mol. The first-order valence-corrected chi connectivity index (χ1v) is 16.6. The van der Waals surface area contributed by atoms with E-state index in [2.05, 4.69) is 133 Å². The third kappa shape index (κ3) is 4.23. The van der Waals surface area contributed by atoms with Gasteiger partial charge in [-0.25, -0.2) is 15.0 Å². The van der Waals surface area contributed by atoms with E-state index in [1.807, 2.05) is 18.2 Å². The van der Waals surface area contributed by atoms with Crippen molar-refractivity contribution in [3.63, 3.8) is 0 Å². The molecule has 8 aromatic carbocycles. The Morgan fingerprint density at radius 3 is 1.57 bits per heavy atom. The SMILES string of the molecule is c1ccc(-c2nc(-c3ccc4c(c3)sc3ccccc34)nc(-c3ccc4ccc5c(ccc6c7ccccc7ccc65)c4c3)n2)cc1. The summed E-state index contributed by atoms with van der Waals surface area (Å²) in [5.74, 6) is 2.00. The van der Waals surface area contributed by atoms with E-state index in [-0.39, 0.29) is 0 Å². The molecule has 3 nitrogen and oxygen atoms in total. The molecular formula is C43H25N3S. The monoisotopic (exact) mass is 615 g/mol. The van der Waals surface area contributed by atoms with Crippen LogP contribution in [-0.4, -0.2) is 15.0 Å². The molecule has 0 saturated carbocycles. The molecule has 2 aromatic heterocycles. The molecule has 0 fully saturated rings. The molecular weight excluding hydrogens is 591 g/mol. The van der Waals surface area contributed by atoms with Crippen molar-refractivity contribution in [2.24, 2.45) is 0 Å². The molecule has 10 rings (SSSR count). The Morgan fingerprint density at radius 1 is 0.298 bits per heavy atom. The lowest BCUT2D eigenvalue weighted by Gasteiger charge is -2.12. The molecule has 0 aliphatic carbocycles. The minimum atomic E-state index is 0.663. The number of benzene rings is 8. The van der Waals surface area contributed by atoms with Crippen LogP contribution in [0.2, 0.25) is 0 Å². The zero-order valence-electron chi connectivity index (χ0n) is 25.2. The van der Waals surface area contributed by atoms with Gasteiger partial charge in [0, 0.05) is 36.9 Å². The quantitative estimate of drug-likeness (QED) is 0.186. The van der Waals surface area contributed by atoms with Gasteiger partial charge in [-0.1, -0.05) is 133 Å². The van der Waals surface area contributed by atoms with E-state index < -0.39 is 0 Å². The molecule has 0 aliphatic rings. The topological polar surface area (TPSA) is 38.7 Å². The van der Waals surface area contributed by atoms with Crippen LogP contribution in [0.4, 0.5) is 0 Å². The first kappa shape index (κ1) is 26.3. The molecule has 0 bridgehead atoms. The Balaban J connectivity index is 1.18. The Kier molecular flexibility index (Phi) is 5.74. The van der Waals surface area contributed by atoms with Crippen molar-refractivity contribution in [1.82, 2.24) is 15.0 Å². The third-order valence-electron chi connectivity index (χ3n) is 9.30. The molecule has 0 N–H and O–H groups in total. The van der Waals surface area contributed by atoms with Gasteiger partial charge in [0.15, 0.2) is 17.5 Å². The fourth-order valence-corrected chi connectivity index (χ4v) is 8.13. The van der Waals surface area contributed by atoms with Crippen molar-refractivity contribution in [3.05, 3.63) is 152 Å². The molecule has 4 heteroatoms. The average Bonchev–Trinajstić information content (AvgIpc) is 3.52. The second-order valence-corrected chi connectivity index (χ2v) is 13.1. The number of rotatable bonds is 3.